The van der Waals surface area contributed by atoms with Gasteiger partial charge in [0.25, 0.3) is 0 Å². The lowest BCUT2D eigenvalue weighted by Crippen LogP contribution is -2.07. The third-order valence-corrected chi connectivity index (χ3v) is 2.96. The van der Waals surface area contributed by atoms with Crippen LogP contribution in [0.2, 0.25) is 0 Å². The molecule has 20 heavy (non-hydrogen) atoms. The Morgan fingerprint density at radius 2 is 1.85 bits per heavy atom. The molecule has 0 amide bonds. The van der Waals surface area contributed by atoms with Crippen LogP contribution in [0.3, 0.4) is 0 Å². The molecule has 1 N–H and O–H groups in total. The predicted octanol–water partition coefficient (Wildman–Crippen LogP) is 4.23. The van der Waals surface area contributed by atoms with Crippen LogP contribution in [0.4, 0.5) is 10.2 Å². The molecule has 0 atom stereocenters. The highest BCUT2D eigenvalue weighted by Gasteiger charge is 2.09. The Bertz CT molecular complexity index is 564. The zero-order valence-electron chi connectivity index (χ0n) is 12.2. The maximum Gasteiger partial charge on any atom is 0.133 e. The Morgan fingerprint density at radius 3 is 2.45 bits per heavy atom. The van der Waals surface area contributed by atoms with Crippen molar-refractivity contribution in [3.63, 3.8) is 0 Å². The molecule has 106 valence electrons. The second-order valence-electron chi connectivity index (χ2n) is 5.08. The summed E-state index contributed by atoms with van der Waals surface area (Å²) in [5.74, 6) is 1.63. The first-order valence-corrected chi connectivity index (χ1v) is 6.99. The van der Waals surface area contributed by atoms with Crippen LogP contribution in [0.15, 0.2) is 30.3 Å². The molecule has 0 aliphatic rings. The number of benzene rings is 1. The van der Waals surface area contributed by atoms with Crippen molar-refractivity contribution in [3.05, 3.63) is 42.0 Å². The van der Waals surface area contributed by atoms with Gasteiger partial charge in [-0.05, 0) is 30.7 Å². The second kappa shape index (κ2) is 6.46. The van der Waals surface area contributed by atoms with Crippen LogP contribution in [-0.2, 0) is 0 Å². The van der Waals surface area contributed by atoms with Gasteiger partial charge in [-0.25, -0.2) is 14.4 Å². The summed E-state index contributed by atoms with van der Waals surface area (Å²) in [6.45, 7) is 7.11. The number of halogens is 1. The average molecular weight is 273 g/mol. The van der Waals surface area contributed by atoms with E-state index in [1.807, 2.05) is 6.07 Å². The zero-order valence-corrected chi connectivity index (χ0v) is 12.2. The minimum Gasteiger partial charge on any atom is -0.370 e. The summed E-state index contributed by atoms with van der Waals surface area (Å²) in [5, 5.41) is 3.29. The highest BCUT2D eigenvalue weighted by molar-refractivity contribution is 5.62. The molecule has 0 saturated carbocycles. The highest BCUT2D eigenvalue weighted by Crippen LogP contribution is 2.22. The molecule has 0 radical (unpaired) electrons. The van der Waals surface area contributed by atoms with Gasteiger partial charge >= 0.3 is 0 Å². The number of aromatic nitrogens is 2. The van der Waals surface area contributed by atoms with Gasteiger partial charge in [-0.2, -0.15) is 0 Å². The van der Waals surface area contributed by atoms with Crippen molar-refractivity contribution >= 4 is 5.82 Å². The van der Waals surface area contributed by atoms with Gasteiger partial charge in [0.2, 0.25) is 0 Å². The first-order valence-electron chi connectivity index (χ1n) is 6.99. The number of hydrogen-bond acceptors (Lipinski definition) is 3. The van der Waals surface area contributed by atoms with Crippen molar-refractivity contribution in [2.45, 2.75) is 33.1 Å². The third-order valence-electron chi connectivity index (χ3n) is 2.96. The summed E-state index contributed by atoms with van der Waals surface area (Å²) in [7, 11) is 0. The monoisotopic (exact) mass is 273 g/mol. The molecule has 0 unspecified atom stereocenters. The minimum atomic E-state index is -0.240. The van der Waals surface area contributed by atoms with Gasteiger partial charge in [-0.3, -0.25) is 0 Å². The normalized spacial score (nSPS) is 10.8. The molecule has 0 aliphatic carbocycles. The van der Waals surface area contributed by atoms with E-state index in [1.54, 1.807) is 12.1 Å². The van der Waals surface area contributed by atoms with Gasteiger partial charge in [-0.15, -0.1) is 0 Å². The molecule has 1 aromatic carbocycles. The van der Waals surface area contributed by atoms with Crippen LogP contribution >= 0.6 is 0 Å². The highest BCUT2D eigenvalue weighted by atomic mass is 19.1. The van der Waals surface area contributed by atoms with E-state index >= 15 is 0 Å². The largest absolute Gasteiger partial charge is 0.370 e. The molecule has 1 heterocycles. The summed E-state index contributed by atoms with van der Waals surface area (Å²) in [6.07, 6.45) is 1.03. The SMILES string of the molecule is CCCNc1cc(-c2ccc(F)cc2)nc(C(C)C)n1. The maximum absolute atomic E-state index is 13.0. The molecule has 0 aliphatic heterocycles. The number of nitrogens with one attached hydrogen (secondary N) is 1. The average Bonchev–Trinajstić information content (AvgIpc) is 2.45. The smallest absolute Gasteiger partial charge is 0.133 e. The first kappa shape index (κ1) is 14.4. The maximum atomic E-state index is 13.0. The Kier molecular flexibility index (Phi) is 4.66. The molecule has 4 heteroatoms. The van der Waals surface area contributed by atoms with Gasteiger partial charge in [0.05, 0.1) is 5.69 Å². The van der Waals surface area contributed by atoms with Crippen LogP contribution in [0.1, 0.15) is 38.9 Å². The Balaban J connectivity index is 2.40. The Morgan fingerprint density at radius 1 is 1.15 bits per heavy atom. The molecule has 0 spiro atoms. The van der Waals surface area contributed by atoms with Crippen molar-refractivity contribution in [1.29, 1.82) is 0 Å². The second-order valence-corrected chi connectivity index (χ2v) is 5.08. The van der Waals surface area contributed by atoms with E-state index in [9.17, 15) is 4.39 Å². The molecule has 0 fully saturated rings. The lowest BCUT2D eigenvalue weighted by atomic mass is 10.1. The van der Waals surface area contributed by atoms with Gasteiger partial charge in [0.1, 0.15) is 17.5 Å². The summed E-state index contributed by atoms with van der Waals surface area (Å²) in [5.41, 5.74) is 1.72. The number of rotatable bonds is 5. The van der Waals surface area contributed by atoms with E-state index in [0.29, 0.717) is 0 Å². The molecule has 3 nitrogen and oxygen atoms in total. The fourth-order valence-electron chi connectivity index (χ4n) is 1.84. The number of hydrogen-bond donors (Lipinski definition) is 1. The van der Waals surface area contributed by atoms with Crippen LogP contribution in [0, 0.1) is 5.82 Å². The molecular weight excluding hydrogens is 253 g/mol. The van der Waals surface area contributed by atoms with Crippen molar-refractivity contribution in [2.75, 3.05) is 11.9 Å². The molecule has 1 aromatic heterocycles. The lowest BCUT2D eigenvalue weighted by Gasteiger charge is -2.11. The zero-order chi connectivity index (χ0) is 14.5. The first-order chi connectivity index (χ1) is 9.60. The summed E-state index contributed by atoms with van der Waals surface area (Å²) < 4.78 is 13.0. The van der Waals surface area contributed by atoms with Crippen LogP contribution in [0.25, 0.3) is 11.3 Å². The van der Waals surface area contributed by atoms with E-state index in [0.717, 1.165) is 35.9 Å². The van der Waals surface area contributed by atoms with Crippen molar-refractivity contribution in [1.82, 2.24) is 9.97 Å². The lowest BCUT2D eigenvalue weighted by molar-refractivity contribution is 0.628. The molecule has 2 aromatic rings. The summed E-state index contributed by atoms with van der Waals surface area (Å²) >= 11 is 0. The standard InChI is InChI=1S/C16H20FN3/c1-4-9-18-15-10-14(19-16(20-15)11(2)3)12-5-7-13(17)8-6-12/h5-8,10-11H,4,9H2,1-3H3,(H,18,19,20). The summed E-state index contributed by atoms with van der Waals surface area (Å²) in [6, 6.07) is 8.29. The predicted molar refractivity (Wildman–Crippen MR) is 80.3 cm³/mol. The van der Waals surface area contributed by atoms with Gasteiger partial charge < -0.3 is 5.32 Å². The Hall–Kier alpha value is -1.97. The van der Waals surface area contributed by atoms with Crippen molar-refractivity contribution in [2.24, 2.45) is 0 Å². The molecule has 2 rings (SSSR count). The van der Waals surface area contributed by atoms with E-state index in [1.165, 1.54) is 12.1 Å². The fourth-order valence-corrected chi connectivity index (χ4v) is 1.84. The van der Waals surface area contributed by atoms with E-state index in [-0.39, 0.29) is 11.7 Å². The minimum absolute atomic E-state index is 0.240. The van der Waals surface area contributed by atoms with Crippen molar-refractivity contribution in [3.8, 4) is 11.3 Å². The molecule has 0 bridgehead atoms. The van der Waals surface area contributed by atoms with E-state index in [2.05, 4.69) is 36.1 Å². The van der Waals surface area contributed by atoms with E-state index in [4.69, 9.17) is 0 Å². The third kappa shape index (κ3) is 3.53. The van der Waals surface area contributed by atoms with E-state index < -0.39 is 0 Å². The van der Waals surface area contributed by atoms with Crippen LogP contribution in [0.5, 0.6) is 0 Å². The van der Waals surface area contributed by atoms with Gasteiger partial charge in [0, 0.05) is 24.1 Å². The molecule has 0 saturated heterocycles. The topological polar surface area (TPSA) is 37.8 Å². The number of anilines is 1. The van der Waals surface area contributed by atoms with Gasteiger partial charge in [0.15, 0.2) is 0 Å². The summed E-state index contributed by atoms with van der Waals surface area (Å²) in [4.78, 5) is 9.08. The fraction of sp³-hybridized carbons (Fsp3) is 0.375. The Labute approximate surface area is 119 Å². The quantitative estimate of drug-likeness (QED) is 0.886. The molecular formula is C16H20FN3. The van der Waals surface area contributed by atoms with Gasteiger partial charge in [-0.1, -0.05) is 20.8 Å². The van der Waals surface area contributed by atoms with Crippen molar-refractivity contribution < 1.29 is 4.39 Å². The van der Waals surface area contributed by atoms with Crippen LogP contribution < -0.4 is 5.32 Å². The van der Waals surface area contributed by atoms with Crippen LogP contribution in [-0.4, -0.2) is 16.5 Å². The number of nitrogens with zero attached hydrogens (tertiary/aromatic N) is 2.